The van der Waals surface area contributed by atoms with Gasteiger partial charge in [-0.1, -0.05) is 0 Å². The van der Waals surface area contributed by atoms with Crippen molar-refractivity contribution in [3.8, 4) is 0 Å². The van der Waals surface area contributed by atoms with Gasteiger partial charge in [0.1, 0.15) is 15.4 Å². The molecule has 0 aromatic rings. The molecule has 0 saturated carbocycles. The van der Waals surface area contributed by atoms with Crippen LogP contribution in [0.5, 0.6) is 0 Å². The van der Waals surface area contributed by atoms with E-state index >= 15 is 0 Å². The summed E-state index contributed by atoms with van der Waals surface area (Å²) in [5, 5.41) is -1.74. The second-order valence-corrected chi connectivity index (χ2v) is 4.31. The summed E-state index contributed by atoms with van der Waals surface area (Å²) in [5.41, 5.74) is 0. The third-order valence-corrected chi connectivity index (χ3v) is 2.69. The van der Waals surface area contributed by atoms with Crippen LogP contribution in [0.15, 0.2) is 0 Å². The summed E-state index contributed by atoms with van der Waals surface area (Å²) in [4.78, 5) is 20.2. The van der Waals surface area contributed by atoms with Crippen molar-refractivity contribution in [2.45, 2.75) is 25.5 Å². The fourth-order valence-corrected chi connectivity index (χ4v) is 1.60. The second-order valence-electron chi connectivity index (χ2n) is 2.75. The Morgan fingerprint density at radius 3 is 2.31 bits per heavy atom. The Balaban J connectivity index is 4.29. The van der Waals surface area contributed by atoms with Crippen LogP contribution in [-0.2, 0) is 29.4 Å². The van der Waals surface area contributed by atoms with E-state index < -0.39 is 21.3 Å². The van der Waals surface area contributed by atoms with Gasteiger partial charge >= 0.3 is 5.97 Å². The van der Waals surface area contributed by atoms with Gasteiger partial charge in [-0.2, -0.15) is 0 Å². The van der Waals surface area contributed by atoms with Crippen LogP contribution < -0.4 is 0 Å². The zero-order valence-corrected chi connectivity index (χ0v) is 9.99. The van der Waals surface area contributed by atoms with E-state index in [0.717, 1.165) is 0 Å². The van der Waals surface area contributed by atoms with Crippen molar-refractivity contribution < 1.29 is 32.3 Å². The molecule has 0 rings (SSSR count). The summed E-state index contributed by atoms with van der Waals surface area (Å²) in [6.07, 6.45) is -0.287. The van der Waals surface area contributed by atoms with Gasteiger partial charge < -0.3 is 9.29 Å². The van der Waals surface area contributed by atoms with E-state index in [1.807, 2.05) is 0 Å². The van der Waals surface area contributed by atoms with Crippen LogP contribution in [0, 0.1) is 0 Å². The molecule has 8 heteroatoms. The number of carbonyl (C=O) groups excluding carboxylic acids is 1. The van der Waals surface area contributed by atoms with Crippen LogP contribution in [0.2, 0.25) is 0 Å². The monoisotopic (exact) mass is 255 g/mol. The summed E-state index contributed by atoms with van der Waals surface area (Å²) in [6, 6.07) is 0. The lowest BCUT2D eigenvalue weighted by Crippen LogP contribution is -2.33. The summed E-state index contributed by atoms with van der Waals surface area (Å²) < 4.78 is 36.7. The van der Waals surface area contributed by atoms with Gasteiger partial charge in [0.25, 0.3) is 0 Å². The van der Waals surface area contributed by atoms with Crippen LogP contribution in [-0.4, -0.2) is 44.0 Å². The summed E-state index contributed by atoms with van der Waals surface area (Å²) in [5.74, 6) is -1.06. The van der Waals surface area contributed by atoms with Gasteiger partial charge in [0.2, 0.25) is 0 Å². The molecule has 0 fully saturated rings. The number of hydrogen-bond acceptors (Lipinski definition) is 7. The van der Waals surface area contributed by atoms with Crippen molar-refractivity contribution in [1.82, 2.24) is 0 Å². The van der Waals surface area contributed by atoms with Crippen molar-refractivity contribution in [1.29, 1.82) is 0 Å². The molecule has 7 nitrogen and oxygen atoms in total. The third-order valence-electron chi connectivity index (χ3n) is 1.56. The van der Waals surface area contributed by atoms with Crippen molar-refractivity contribution >= 4 is 16.1 Å². The molecular weight excluding hydrogens is 240 g/mol. The SMILES string of the molecule is CCOOCCC(C(=O)OCC)S(=O)(=O)[O-]. The number of ether oxygens (including phenoxy) is 1. The fourth-order valence-electron chi connectivity index (χ4n) is 0.913. The van der Waals surface area contributed by atoms with Crippen molar-refractivity contribution in [2.24, 2.45) is 0 Å². The Morgan fingerprint density at radius 1 is 1.25 bits per heavy atom. The maximum Gasteiger partial charge on any atom is 0.323 e. The minimum absolute atomic E-state index is 0.0111. The van der Waals surface area contributed by atoms with Crippen molar-refractivity contribution in [2.75, 3.05) is 19.8 Å². The molecule has 0 amide bonds. The van der Waals surface area contributed by atoms with E-state index in [1.54, 1.807) is 6.92 Å². The topological polar surface area (TPSA) is 102 Å². The standard InChI is InChI=1S/C8H16O7S/c1-3-13-8(9)7(16(10,11)12)5-6-15-14-4-2/h7H,3-6H2,1-2H3,(H,10,11,12)/p-1. The van der Waals surface area contributed by atoms with Gasteiger partial charge in [0, 0.05) is 6.42 Å². The van der Waals surface area contributed by atoms with Crippen LogP contribution >= 0.6 is 0 Å². The molecule has 0 aliphatic rings. The highest BCUT2D eigenvalue weighted by atomic mass is 32.2. The van der Waals surface area contributed by atoms with Crippen LogP contribution in [0.3, 0.4) is 0 Å². The lowest BCUT2D eigenvalue weighted by atomic mass is 10.3. The van der Waals surface area contributed by atoms with Crippen molar-refractivity contribution in [3.05, 3.63) is 0 Å². The predicted octanol–water partition coefficient (Wildman–Crippen LogP) is -0.178. The van der Waals surface area contributed by atoms with E-state index in [2.05, 4.69) is 14.5 Å². The molecule has 0 saturated heterocycles. The highest BCUT2D eigenvalue weighted by Gasteiger charge is 2.26. The quantitative estimate of drug-likeness (QED) is 0.195. The first-order chi connectivity index (χ1) is 7.43. The lowest BCUT2D eigenvalue weighted by Gasteiger charge is -2.18. The normalized spacial score (nSPS) is 13.4. The maximum absolute atomic E-state index is 11.2. The average molecular weight is 255 g/mol. The Kier molecular flexibility index (Phi) is 7.22. The number of esters is 1. The molecule has 0 aliphatic heterocycles. The molecular formula is C8H15O7S-. The average Bonchev–Trinajstić information content (AvgIpc) is 2.16. The smallest absolute Gasteiger partial charge is 0.323 e. The Bertz CT molecular complexity index is 298. The first-order valence-electron chi connectivity index (χ1n) is 4.79. The van der Waals surface area contributed by atoms with E-state index in [9.17, 15) is 17.8 Å². The first kappa shape index (κ1) is 15.3. The molecule has 0 aromatic heterocycles. The molecule has 0 N–H and O–H groups in total. The molecule has 0 aliphatic carbocycles. The highest BCUT2D eigenvalue weighted by Crippen LogP contribution is 2.07. The van der Waals surface area contributed by atoms with Gasteiger partial charge in [-0.05, 0) is 13.8 Å². The number of carbonyl (C=O) groups is 1. The molecule has 16 heavy (non-hydrogen) atoms. The Labute approximate surface area is 94.4 Å². The molecule has 0 heterocycles. The highest BCUT2D eigenvalue weighted by molar-refractivity contribution is 7.87. The summed E-state index contributed by atoms with van der Waals surface area (Å²) in [7, 11) is -4.73. The zero-order chi connectivity index (χ0) is 12.6. The minimum atomic E-state index is -4.73. The van der Waals surface area contributed by atoms with E-state index in [4.69, 9.17) is 0 Å². The number of hydrogen-bond donors (Lipinski definition) is 0. The van der Waals surface area contributed by atoms with Gasteiger partial charge in [0.05, 0.1) is 19.8 Å². The third kappa shape index (κ3) is 6.01. The largest absolute Gasteiger partial charge is 0.747 e. The van der Waals surface area contributed by atoms with Gasteiger partial charge in [-0.3, -0.25) is 4.79 Å². The molecule has 0 aromatic carbocycles. The summed E-state index contributed by atoms with van der Waals surface area (Å²) in [6.45, 7) is 3.32. The Hall–Kier alpha value is -0.700. The number of rotatable bonds is 8. The van der Waals surface area contributed by atoms with E-state index in [0.29, 0.717) is 0 Å². The first-order valence-corrected chi connectivity index (χ1v) is 6.26. The molecule has 96 valence electrons. The van der Waals surface area contributed by atoms with E-state index in [1.165, 1.54) is 6.92 Å². The lowest BCUT2D eigenvalue weighted by molar-refractivity contribution is -0.291. The van der Waals surface area contributed by atoms with Crippen LogP contribution in [0.4, 0.5) is 0 Å². The van der Waals surface area contributed by atoms with Crippen LogP contribution in [0.25, 0.3) is 0 Å². The molecule has 1 atom stereocenters. The zero-order valence-electron chi connectivity index (χ0n) is 9.17. The molecule has 1 unspecified atom stereocenters. The maximum atomic E-state index is 11.2. The summed E-state index contributed by atoms with van der Waals surface area (Å²) >= 11 is 0. The van der Waals surface area contributed by atoms with Gasteiger partial charge in [-0.15, -0.1) is 0 Å². The molecule has 0 bridgehead atoms. The van der Waals surface area contributed by atoms with Gasteiger partial charge in [-0.25, -0.2) is 18.2 Å². The molecule has 0 radical (unpaired) electrons. The van der Waals surface area contributed by atoms with Crippen LogP contribution in [0.1, 0.15) is 20.3 Å². The predicted molar refractivity (Wildman–Crippen MR) is 52.3 cm³/mol. The van der Waals surface area contributed by atoms with Gasteiger partial charge in [0.15, 0.2) is 0 Å². The van der Waals surface area contributed by atoms with E-state index in [-0.39, 0.29) is 26.2 Å². The minimum Gasteiger partial charge on any atom is -0.747 e. The Morgan fingerprint density at radius 2 is 1.88 bits per heavy atom. The second kappa shape index (κ2) is 7.55. The molecule has 0 spiro atoms. The fraction of sp³-hybridized carbons (Fsp3) is 0.875. The van der Waals surface area contributed by atoms with Crippen molar-refractivity contribution in [3.63, 3.8) is 0 Å².